The van der Waals surface area contributed by atoms with Gasteiger partial charge in [-0.2, -0.15) is 0 Å². The topological polar surface area (TPSA) is 61.5 Å². The van der Waals surface area contributed by atoms with E-state index in [2.05, 4.69) is 0 Å². The van der Waals surface area contributed by atoms with Crippen LogP contribution >= 0.6 is 0 Å². The highest BCUT2D eigenvalue weighted by Crippen LogP contribution is 2.30. The van der Waals surface area contributed by atoms with Crippen LogP contribution in [-0.2, 0) is 4.74 Å². The van der Waals surface area contributed by atoms with Gasteiger partial charge in [0.05, 0.1) is 12.7 Å². The Labute approximate surface area is 107 Å². The second-order valence-electron chi connectivity index (χ2n) is 4.96. The average molecular weight is 249 g/mol. The maximum atomic E-state index is 12.0. The van der Waals surface area contributed by atoms with Crippen molar-refractivity contribution in [2.75, 3.05) is 12.3 Å². The molecule has 1 saturated carbocycles. The van der Waals surface area contributed by atoms with Gasteiger partial charge in [0.1, 0.15) is 11.3 Å². The third-order valence-corrected chi connectivity index (χ3v) is 2.73. The van der Waals surface area contributed by atoms with E-state index in [4.69, 9.17) is 15.2 Å². The number of rotatable bonds is 5. The van der Waals surface area contributed by atoms with Gasteiger partial charge in [0.2, 0.25) is 0 Å². The molecule has 0 radical (unpaired) electrons. The van der Waals surface area contributed by atoms with Crippen LogP contribution in [0.2, 0.25) is 0 Å². The Bertz CT molecular complexity index is 439. The van der Waals surface area contributed by atoms with E-state index in [0.29, 0.717) is 29.5 Å². The summed E-state index contributed by atoms with van der Waals surface area (Å²) >= 11 is 0. The SMILES string of the molecule is CC(C)Oc1ccc(N)cc1C(=O)OCC1CC1. The Balaban J connectivity index is 2.11. The molecule has 1 aliphatic rings. The first-order chi connectivity index (χ1) is 8.56. The summed E-state index contributed by atoms with van der Waals surface area (Å²) in [4.78, 5) is 12.0. The minimum Gasteiger partial charge on any atom is -0.490 e. The van der Waals surface area contributed by atoms with Crippen LogP contribution in [0.15, 0.2) is 18.2 Å². The standard InChI is InChI=1S/C14H19NO3/c1-9(2)18-13-6-5-11(15)7-12(13)14(16)17-8-10-3-4-10/h5-7,9-10H,3-4,8,15H2,1-2H3. The monoisotopic (exact) mass is 249 g/mol. The first-order valence-electron chi connectivity index (χ1n) is 6.29. The lowest BCUT2D eigenvalue weighted by Gasteiger charge is -2.14. The number of hydrogen-bond acceptors (Lipinski definition) is 4. The molecule has 1 aromatic carbocycles. The molecule has 2 rings (SSSR count). The number of esters is 1. The van der Waals surface area contributed by atoms with Gasteiger partial charge in [-0.1, -0.05) is 0 Å². The molecule has 1 fully saturated rings. The fourth-order valence-corrected chi connectivity index (χ4v) is 1.62. The van der Waals surface area contributed by atoms with E-state index in [1.54, 1.807) is 18.2 Å². The summed E-state index contributed by atoms with van der Waals surface area (Å²) in [5.74, 6) is 0.717. The molecule has 0 amide bonds. The highest BCUT2D eigenvalue weighted by atomic mass is 16.5. The zero-order valence-corrected chi connectivity index (χ0v) is 10.8. The number of benzene rings is 1. The molecular formula is C14H19NO3. The maximum absolute atomic E-state index is 12.0. The van der Waals surface area contributed by atoms with Crippen molar-refractivity contribution in [3.8, 4) is 5.75 Å². The Morgan fingerprint density at radius 3 is 2.78 bits per heavy atom. The van der Waals surface area contributed by atoms with E-state index >= 15 is 0 Å². The van der Waals surface area contributed by atoms with Gasteiger partial charge in [-0.3, -0.25) is 0 Å². The van der Waals surface area contributed by atoms with Crippen molar-refractivity contribution in [3.63, 3.8) is 0 Å². The quantitative estimate of drug-likeness (QED) is 0.643. The van der Waals surface area contributed by atoms with Crippen molar-refractivity contribution < 1.29 is 14.3 Å². The lowest BCUT2D eigenvalue weighted by Crippen LogP contribution is -2.13. The van der Waals surface area contributed by atoms with Gasteiger partial charge in [0, 0.05) is 5.69 Å². The van der Waals surface area contributed by atoms with Crippen LogP contribution in [0.25, 0.3) is 0 Å². The number of ether oxygens (including phenoxy) is 2. The van der Waals surface area contributed by atoms with Gasteiger partial charge in [-0.15, -0.1) is 0 Å². The normalized spacial score (nSPS) is 14.6. The van der Waals surface area contributed by atoms with E-state index in [1.807, 2.05) is 13.8 Å². The minimum absolute atomic E-state index is 0.00334. The van der Waals surface area contributed by atoms with E-state index in [-0.39, 0.29) is 12.1 Å². The number of nitrogen functional groups attached to an aromatic ring is 1. The number of nitrogens with two attached hydrogens (primary N) is 1. The van der Waals surface area contributed by atoms with Gasteiger partial charge < -0.3 is 15.2 Å². The smallest absolute Gasteiger partial charge is 0.342 e. The summed E-state index contributed by atoms with van der Waals surface area (Å²) in [6.07, 6.45) is 2.31. The van der Waals surface area contributed by atoms with Crippen molar-refractivity contribution >= 4 is 11.7 Å². The molecule has 0 unspecified atom stereocenters. The van der Waals surface area contributed by atoms with Crippen molar-refractivity contribution in [2.24, 2.45) is 5.92 Å². The predicted molar refractivity (Wildman–Crippen MR) is 69.6 cm³/mol. The molecule has 0 atom stereocenters. The molecule has 0 bridgehead atoms. The molecule has 18 heavy (non-hydrogen) atoms. The van der Waals surface area contributed by atoms with Crippen molar-refractivity contribution in [1.29, 1.82) is 0 Å². The fraction of sp³-hybridized carbons (Fsp3) is 0.500. The molecule has 0 heterocycles. The summed E-state index contributed by atoms with van der Waals surface area (Å²) in [5, 5.41) is 0. The largest absolute Gasteiger partial charge is 0.490 e. The third-order valence-electron chi connectivity index (χ3n) is 2.73. The molecule has 2 N–H and O–H groups in total. The summed E-state index contributed by atoms with van der Waals surface area (Å²) in [6.45, 7) is 4.32. The Morgan fingerprint density at radius 1 is 1.44 bits per heavy atom. The zero-order chi connectivity index (χ0) is 13.1. The number of anilines is 1. The zero-order valence-electron chi connectivity index (χ0n) is 10.8. The lowest BCUT2D eigenvalue weighted by atomic mass is 10.2. The van der Waals surface area contributed by atoms with Crippen molar-refractivity contribution in [3.05, 3.63) is 23.8 Å². The Hall–Kier alpha value is -1.71. The van der Waals surface area contributed by atoms with Crippen LogP contribution in [0.4, 0.5) is 5.69 Å². The molecular weight excluding hydrogens is 230 g/mol. The molecule has 4 heteroatoms. The molecule has 0 saturated heterocycles. The van der Waals surface area contributed by atoms with Gasteiger partial charge in [0.25, 0.3) is 0 Å². The highest BCUT2D eigenvalue weighted by Gasteiger charge is 2.24. The van der Waals surface area contributed by atoms with E-state index in [0.717, 1.165) is 12.8 Å². The average Bonchev–Trinajstić information content (AvgIpc) is 3.11. The van der Waals surface area contributed by atoms with Gasteiger partial charge in [-0.05, 0) is 50.8 Å². The van der Waals surface area contributed by atoms with Crippen molar-refractivity contribution in [2.45, 2.75) is 32.8 Å². The van der Waals surface area contributed by atoms with Crippen LogP contribution in [0.5, 0.6) is 5.75 Å². The first-order valence-corrected chi connectivity index (χ1v) is 6.29. The fourth-order valence-electron chi connectivity index (χ4n) is 1.62. The van der Waals surface area contributed by atoms with Crippen LogP contribution < -0.4 is 10.5 Å². The third kappa shape index (κ3) is 3.39. The summed E-state index contributed by atoms with van der Waals surface area (Å²) < 4.78 is 10.8. The van der Waals surface area contributed by atoms with Crippen LogP contribution in [0, 0.1) is 5.92 Å². The maximum Gasteiger partial charge on any atom is 0.342 e. The number of carbonyl (C=O) groups excluding carboxylic acids is 1. The Kier molecular flexibility index (Phi) is 3.75. The number of carbonyl (C=O) groups is 1. The predicted octanol–water partition coefficient (Wildman–Crippen LogP) is 2.62. The van der Waals surface area contributed by atoms with Crippen LogP contribution in [0.1, 0.15) is 37.0 Å². The molecule has 98 valence electrons. The van der Waals surface area contributed by atoms with Crippen LogP contribution in [-0.4, -0.2) is 18.7 Å². The number of hydrogen-bond donors (Lipinski definition) is 1. The van der Waals surface area contributed by atoms with Crippen LogP contribution in [0.3, 0.4) is 0 Å². The first kappa shape index (κ1) is 12.7. The molecule has 1 aromatic rings. The molecule has 4 nitrogen and oxygen atoms in total. The van der Waals surface area contributed by atoms with Gasteiger partial charge in [-0.25, -0.2) is 4.79 Å². The summed E-state index contributed by atoms with van der Waals surface area (Å²) in [5.41, 5.74) is 6.64. The van der Waals surface area contributed by atoms with Gasteiger partial charge >= 0.3 is 5.97 Å². The molecule has 0 spiro atoms. The molecule has 0 aromatic heterocycles. The minimum atomic E-state index is -0.357. The molecule has 1 aliphatic carbocycles. The second kappa shape index (κ2) is 5.29. The summed E-state index contributed by atoms with van der Waals surface area (Å²) in [7, 11) is 0. The van der Waals surface area contributed by atoms with Gasteiger partial charge in [0.15, 0.2) is 0 Å². The second-order valence-corrected chi connectivity index (χ2v) is 4.96. The van der Waals surface area contributed by atoms with E-state index < -0.39 is 0 Å². The van der Waals surface area contributed by atoms with Crippen molar-refractivity contribution in [1.82, 2.24) is 0 Å². The van der Waals surface area contributed by atoms with E-state index in [9.17, 15) is 4.79 Å². The molecule has 0 aliphatic heterocycles. The lowest BCUT2D eigenvalue weighted by molar-refractivity contribution is 0.0480. The highest BCUT2D eigenvalue weighted by molar-refractivity contribution is 5.93. The summed E-state index contributed by atoms with van der Waals surface area (Å²) in [6, 6.07) is 5.03. The Morgan fingerprint density at radius 2 is 2.17 bits per heavy atom. The van der Waals surface area contributed by atoms with E-state index in [1.165, 1.54) is 0 Å².